The maximum Gasteiger partial charge on any atom is 0.248 e. The highest BCUT2D eigenvalue weighted by atomic mass is 79.9. The largest absolute Gasteiger partial charge is 0.497 e. The average molecular weight is 441 g/mol. The summed E-state index contributed by atoms with van der Waals surface area (Å²) in [7, 11) is 3.17. The zero-order valence-electron chi connectivity index (χ0n) is 12.6. The number of methoxy groups -OCH3 is 2. The van der Waals surface area contributed by atoms with Gasteiger partial charge < -0.3 is 14.8 Å². The lowest BCUT2D eigenvalue weighted by Gasteiger charge is -2.08. The van der Waals surface area contributed by atoms with E-state index in [0.717, 1.165) is 14.5 Å². The normalized spacial score (nSPS) is 10.6. The van der Waals surface area contributed by atoms with E-state index in [0.29, 0.717) is 17.2 Å². The van der Waals surface area contributed by atoms with Crippen molar-refractivity contribution < 1.29 is 14.3 Å². The lowest BCUT2D eigenvalue weighted by molar-refractivity contribution is -0.111. The van der Waals surface area contributed by atoms with Crippen LogP contribution in [0.25, 0.3) is 6.08 Å². The van der Waals surface area contributed by atoms with Crippen LogP contribution in [0.2, 0.25) is 0 Å². The van der Waals surface area contributed by atoms with Crippen molar-refractivity contribution in [1.29, 1.82) is 0 Å². The number of carbonyl (C=O) groups is 1. The molecule has 0 aliphatic carbocycles. The number of amides is 1. The van der Waals surface area contributed by atoms with E-state index in [-0.39, 0.29) is 5.91 Å². The molecule has 0 saturated carbocycles. The van der Waals surface area contributed by atoms with Crippen molar-refractivity contribution in [2.45, 2.75) is 0 Å². The molecule has 0 bridgehead atoms. The van der Waals surface area contributed by atoms with Crippen LogP contribution < -0.4 is 14.8 Å². The summed E-state index contributed by atoms with van der Waals surface area (Å²) < 4.78 is 12.2. The third-order valence-electron chi connectivity index (χ3n) is 3.04. The number of ether oxygens (including phenoxy) is 2. The molecule has 2 rings (SSSR count). The molecule has 120 valence electrons. The summed E-state index contributed by atoms with van der Waals surface area (Å²) in [6.45, 7) is 0. The first-order valence-corrected chi connectivity index (χ1v) is 8.28. The second-order valence-corrected chi connectivity index (χ2v) is 6.32. The van der Waals surface area contributed by atoms with Crippen molar-refractivity contribution in [3.05, 3.63) is 57.0 Å². The molecule has 4 nitrogen and oxygen atoms in total. The molecule has 0 radical (unpaired) electrons. The first kappa shape index (κ1) is 17.6. The molecule has 0 heterocycles. The first-order valence-electron chi connectivity index (χ1n) is 6.69. The molecule has 0 atom stereocenters. The van der Waals surface area contributed by atoms with E-state index in [4.69, 9.17) is 9.47 Å². The predicted molar refractivity (Wildman–Crippen MR) is 99.1 cm³/mol. The minimum Gasteiger partial charge on any atom is -0.497 e. The Hall–Kier alpha value is -1.79. The molecule has 0 spiro atoms. The summed E-state index contributed by atoms with van der Waals surface area (Å²) in [5.74, 6) is 1.12. The molecule has 0 aliphatic heterocycles. The van der Waals surface area contributed by atoms with Gasteiger partial charge in [0.1, 0.15) is 11.5 Å². The fraction of sp³-hybridized carbons (Fsp3) is 0.118. The van der Waals surface area contributed by atoms with Crippen LogP contribution >= 0.6 is 31.9 Å². The summed E-state index contributed by atoms with van der Waals surface area (Å²) >= 11 is 6.78. The third-order valence-corrected chi connectivity index (χ3v) is 4.22. The van der Waals surface area contributed by atoms with Crippen molar-refractivity contribution in [1.82, 2.24) is 0 Å². The second-order valence-electron chi connectivity index (χ2n) is 4.55. The Kier molecular flexibility index (Phi) is 6.24. The van der Waals surface area contributed by atoms with Gasteiger partial charge in [0, 0.05) is 20.6 Å². The molecule has 0 aliphatic rings. The minimum atomic E-state index is -0.242. The van der Waals surface area contributed by atoms with E-state index in [9.17, 15) is 4.79 Å². The van der Waals surface area contributed by atoms with Crippen LogP contribution in [0.1, 0.15) is 5.56 Å². The van der Waals surface area contributed by atoms with Crippen LogP contribution in [-0.2, 0) is 4.79 Å². The Bertz CT molecular complexity index is 745. The van der Waals surface area contributed by atoms with Gasteiger partial charge in [0.25, 0.3) is 0 Å². The highest BCUT2D eigenvalue weighted by molar-refractivity contribution is 9.11. The van der Waals surface area contributed by atoms with Crippen LogP contribution in [0.3, 0.4) is 0 Å². The van der Waals surface area contributed by atoms with E-state index in [1.54, 1.807) is 38.5 Å². The number of nitrogens with one attached hydrogen (secondary N) is 1. The minimum absolute atomic E-state index is 0.242. The van der Waals surface area contributed by atoms with Gasteiger partial charge in [-0.1, -0.05) is 15.9 Å². The molecular weight excluding hydrogens is 426 g/mol. The number of hydrogen-bond donors (Lipinski definition) is 1. The molecular formula is C17H15Br2NO3. The topological polar surface area (TPSA) is 47.6 Å². The quantitative estimate of drug-likeness (QED) is 0.674. The lowest BCUT2D eigenvalue weighted by Crippen LogP contribution is -2.08. The van der Waals surface area contributed by atoms with Gasteiger partial charge in [-0.2, -0.15) is 0 Å². The summed E-state index contributed by atoms with van der Waals surface area (Å²) in [4.78, 5) is 12.1. The molecule has 0 aromatic heterocycles. The van der Waals surface area contributed by atoms with Crippen LogP contribution in [0.15, 0.2) is 51.4 Å². The Balaban J connectivity index is 2.16. The Labute approximate surface area is 151 Å². The standard InChI is InChI=1S/C17H15Br2NO3/c1-22-13-5-7-16(23-2)11(9-13)3-8-17(21)20-15-10-12(18)4-6-14(15)19/h3-10H,1-2H3,(H,20,21)/b8-3+. The van der Waals surface area contributed by atoms with E-state index >= 15 is 0 Å². The Morgan fingerprint density at radius 1 is 1.09 bits per heavy atom. The van der Waals surface area contributed by atoms with E-state index in [1.165, 1.54) is 6.08 Å². The Morgan fingerprint density at radius 2 is 1.87 bits per heavy atom. The number of halogens is 2. The van der Waals surface area contributed by atoms with Gasteiger partial charge in [0.15, 0.2) is 0 Å². The fourth-order valence-corrected chi connectivity index (χ4v) is 2.61. The van der Waals surface area contributed by atoms with Gasteiger partial charge >= 0.3 is 0 Å². The maximum absolute atomic E-state index is 12.1. The Morgan fingerprint density at radius 3 is 2.57 bits per heavy atom. The van der Waals surface area contributed by atoms with Gasteiger partial charge in [-0.25, -0.2) is 0 Å². The summed E-state index contributed by atoms with van der Waals surface area (Å²) in [5, 5.41) is 2.81. The van der Waals surface area contributed by atoms with Crippen molar-refractivity contribution >= 4 is 49.5 Å². The SMILES string of the molecule is COc1ccc(OC)c(/C=C/C(=O)Nc2cc(Br)ccc2Br)c1. The highest BCUT2D eigenvalue weighted by Gasteiger charge is 2.05. The van der Waals surface area contributed by atoms with Crippen molar-refractivity contribution in [2.75, 3.05) is 19.5 Å². The highest BCUT2D eigenvalue weighted by Crippen LogP contribution is 2.27. The molecule has 0 saturated heterocycles. The predicted octanol–water partition coefficient (Wildman–Crippen LogP) is 4.88. The van der Waals surface area contributed by atoms with E-state index in [1.807, 2.05) is 18.2 Å². The van der Waals surface area contributed by atoms with Crippen LogP contribution in [0, 0.1) is 0 Å². The van der Waals surface area contributed by atoms with E-state index in [2.05, 4.69) is 37.2 Å². The molecule has 1 amide bonds. The number of carbonyl (C=O) groups excluding carboxylic acids is 1. The molecule has 1 N–H and O–H groups in total. The van der Waals surface area contributed by atoms with Crippen LogP contribution in [0.4, 0.5) is 5.69 Å². The number of hydrogen-bond acceptors (Lipinski definition) is 3. The summed E-state index contributed by atoms with van der Waals surface area (Å²) in [6.07, 6.45) is 3.13. The molecule has 23 heavy (non-hydrogen) atoms. The molecule has 6 heteroatoms. The monoisotopic (exact) mass is 439 g/mol. The number of benzene rings is 2. The maximum atomic E-state index is 12.1. The van der Waals surface area contributed by atoms with Crippen LogP contribution in [0.5, 0.6) is 11.5 Å². The number of rotatable bonds is 5. The van der Waals surface area contributed by atoms with Gasteiger partial charge in [-0.3, -0.25) is 4.79 Å². The van der Waals surface area contributed by atoms with Gasteiger partial charge in [-0.15, -0.1) is 0 Å². The smallest absolute Gasteiger partial charge is 0.248 e. The first-order chi connectivity index (χ1) is 11.0. The zero-order chi connectivity index (χ0) is 16.8. The van der Waals surface area contributed by atoms with Crippen molar-refractivity contribution in [3.63, 3.8) is 0 Å². The van der Waals surface area contributed by atoms with Gasteiger partial charge in [-0.05, 0) is 58.4 Å². The van der Waals surface area contributed by atoms with Gasteiger partial charge in [0.05, 0.1) is 19.9 Å². The molecule has 2 aromatic carbocycles. The van der Waals surface area contributed by atoms with Gasteiger partial charge in [0.2, 0.25) is 5.91 Å². The summed E-state index contributed by atoms with van der Waals surface area (Å²) in [5.41, 5.74) is 1.45. The van der Waals surface area contributed by atoms with E-state index < -0.39 is 0 Å². The fourth-order valence-electron chi connectivity index (χ4n) is 1.90. The van der Waals surface area contributed by atoms with Crippen molar-refractivity contribution in [2.24, 2.45) is 0 Å². The van der Waals surface area contributed by atoms with Crippen LogP contribution in [-0.4, -0.2) is 20.1 Å². The third kappa shape index (κ3) is 4.84. The molecule has 0 unspecified atom stereocenters. The average Bonchev–Trinajstić information content (AvgIpc) is 2.56. The molecule has 2 aromatic rings. The lowest BCUT2D eigenvalue weighted by atomic mass is 10.1. The molecule has 0 fully saturated rings. The number of anilines is 1. The summed E-state index contributed by atoms with van der Waals surface area (Å²) in [6, 6.07) is 11.0. The second kappa shape index (κ2) is 8.17. The zero-order valence-corrected chi connectivity index (χ0v) is 15.8. The van der Waals surface area contributed by atoms with Crippen molar-refractivity contribution in [3.8, 4) is 11.5 Å².